The largest absolute Gasteiger partial charge is 0.463 e. The minimum absolute atomic E-state index is 0.00664. The van der Waals surface area contributed by atoms with Gasteiger partial charge in [0.1, 0.15) is 5.69 Å². The Morgan fingerprint density at radius 3 is 2.72 bits per heavy atom. The van der Waals surface area contributed by atoms with Gasteiger partial charge in [-0.2, -0.15) is 0 Å². The maximum absolute atomic E-state index is 13.1. The number of carbonyl (C=O) groups is 2. The van der Waals surface area contributed by atoms with Crippen LogP contribution in [0.5, 0.6) is 0 Å². The summed E-state index contributed by atoms with van der Waals surface area (Å²) < 4.78 is 10.5. The Labute approximate surface area is 168 Å². The van der Waals surface area contributed by atoms with Crippen LogP contribution in [-0.2, 0) is 4.74 Å². The molecule has 29 heavy (non-hydrogen) atoms. The van der Waals surface area contributed by atoms with E-state index >= 15 is 0 Å². The molecule has 2 amide bonds. The fourth-order valence-electron chi connectivity index (χ4n) is 3.60. The van der Waals surface area contributed by atoms with E-state index in [9.17, 15) is 9.59 Å². The number of furan rings is 1. The number of likely N-dealkylation sites (tertiary alicyclic amines) is 1. The van der Waals surface area contributed by atoms with E-state index < -0.39 is 0 Å². The molecule has 1 N–H and O–H groups in total. The molecule has 1 aliphatic heterocycles. The normalized spacial score (nSPS) is 14.7. The zero-order valence-corrected chi connectivity index (χ0v) is 16.3. The Morgan fingerprint density at radius 2 is 2.00 bits per heavy atom. The van der Waals surface area contributed by atoms with E-state index in [2.05, 4.69) is 10.3 Å². The molecule has 4 rings (SSSR count). The van der Waals surface area contributed by atoms with Crippen LogP contribution in [0, 0.1) is 0 Å². The van der Waals surface area contributed by atoms with Gasteiger partial charge in [-0.1, -0.05) is 18.2 Å². The van der Waals surface area contributed by atoms with Crippen LogP contribution in [0.2, 0.25) is 0 Å². The number of nitrogens with one attached hydrogen (secondary N) is 1. The summed E-state index contributed by atoms with van der Waals surface area (Å²) in [6, 6.07) is 13.0. The van der Waals surface area contributed by atoms with E-state index in [4.69, 9.17) is 9.15 Å². The quantitative estimate of drug-likeness (QED) is 0.728. The Balaban J connectivity index is 1.52. The Hall–Kier alpha value is -3.35. The molecule has 3 aromatic rings. The van der Waals surface area contributed by atoms with Crippen LogP contribution in [0.1, 0.15) is 30.1 Å². The lowest BCUT2D eigenvalue weighted by Gasteiger charge is -2.31. The molecule has 1 aliphatic rings. The molecule has 150 valence electrons. The maximum Gasteiger partial charge on any atom is 0.409 e. The third-order valence-corrected chi connectivity index (χ3v) is 5.09. The topological polar surface area (TPSA) is 84.7 Å². The Morgan fingerprint density at radius 1 is 1.21 bits per heavy atom. The minimum atomic E-state index is -0.291. The molecule has 0 bridgehead atoms. The average molecular weight is 393 g/mol. The van der Waals surface area contributed by atoms with E-state index in [1.54, 1.807) is 30.2 Å². The Kier molecular flexibility index (Phi) is 5.46. The van der Waals surface area contributed by atoms with E-state index in [1.807, 2.05) is 30.3 Å². The zero-order chi connectivity index (χ0) is 20.2. The van der Waals surface area contributed by atoms with Crippen molar-refractivity contribution in [3.8, 4) is 11.5 Å². The highest BCUT2D eigenvalue weighted by Crippen LogP contribution is 2.25. The summed E-state index contributed by atoms with van der Waals surface area (Å²) in [5.41, 5.74) is 1.93. The van der Waals surface area contributed by atoms with Crippen molar-refractivity contribution in [2.75, 3.05) is 19.7 Å². The third-order valence-electron chi connectivity index (χ3n) is 5.09. The fourth-order valence-corrected chi connectivity index (χ4v) is 3.60. The molecule has 0 radical (unpaired) electrons. The number of hydrogen-bond acceptors (Lipinski definition) is 5. The zero-order valence-electron chi connectivity index (χ0n) is 16.3. The molecule has 0 atom stereocenters. The average Bonchev–Trinajstić information content (AvgIpc) is 3.28. The summed E-state index contributed by atoms with van der Waals surface area (Å²) in [4.78, 5) is 31.2. The molecular formula is C22H23N3O4. The van der Waals surface area contributed by atoms with Crippen molar-refractivity contribution in [1.29, 1.82) is 0 Å². The second-order valence-electron chi connectivity index (χ2n) is 6.98. The lowest BCUT2D eigenvalue weighted by atomic mass is 10.0. The van der Waals surface area contributed by atoms with Crippen LogP contribution >= 0.6 is 0 Å². The van der Waals surface area contributed by atoms with Crippen molar-refractivity contribution < 1.29 is 18.7 Å². The number of nitrogens with zero attached hydrogens (tertiary/aromatic N) is 2. The van der Waals surface area contributed by atoms with E-state index in [1.165, 1.54) is 0 Å². The number of benzene rings is 1. The highest BCUT2D eigenvalue weighted by Gasteiger charge is 2.25. The molecule has 0 saturated carbocycles. The predicted octanol–water partition coefficient (Wildman–Crippen LogP) is 3.85. The first kappa shape index (κ1) is 19.0. The van der Waals surface area contributed by atoms with Crippen molar-refractivity contribution in [3.63, 3.8) is 0 Å². The number of fused-ring (bicyclic) bond motifs is 1. The van der Waals surface area contributed by atoms with E-state index in [-0.39, 0.29) is 18.0 Å². The molecule has 7 nitrogen and oxygen atoms in total. The molecule has 3 heterocycles. The van der Waals surface area contributed by atoms with Gasteiger partial charge < -0.3 is 19.4 Å². The van der Waals surface area contributed by atoms with Gasteiger partial charge in [-0.05, 0) is 44.0 Å². The second kappa shape index (κ2) is 8.34. The number of piperidine rings is 1. The Bertz CT molecular complexity index is 1010. The van der Waals surface area contributed by atoms with Crippen molar-refractivity contribution in [2.24, 2.45) is 0 Å². The van der Waals surface area contributed by atoms with Gasteiger partial charge in [0, 0.05) is 24.5 Å². The van der Waals surface area contributed by atoms with Gasteiger partial charge in [0.2, 0.25) is 0 Å². The summed E-state index contributed by atoms with van der Waals surface area (Å²) in [6.45, 7) is 3.29. The number of hydrogen-bond donors (Lipinski definition) is 1. The molecular weight excluding hydrogens is 370 g/mol. The molecule has 0 spiro atoms. The number of amides is 2. The molecule has 1 fully saturated rings. The monoisotopic (exact) mass is 393 g/mol. The first-order chi connectivity index (χ1) is 14.2. The summed E-state index contributed by atoms with van der Waals surface area (Å²) >= 11 is 0. The summed E-state index contributed by atoms with van der Waals surface area (Å²) in [6.07, 6.45) is 2.68. The van der Waals surface area contributed by atoms with Crippen molar-refractivity contribution in [1.82, 2.24) is 15.2 Å². The SMILES string of the molecule is CCOC(=O)N1CCC(NC(=O)c2cc(-c3ccco3)nc3ccccc23)CC1. The smallest absolute Gasteiger partial charge is 0.409 e. The highest BCUT2D eigenvalue weighted by atomic mass is 16.6. The summed E-state index contributed by atoms with van der Waals surface area (Å²) in [7, 11) is 0. The van der Waals surface area contributed by atoms with Gasteiger partial charge >= 0.3 is 6.09 Å². The van der Waals surface area contributed by atoms with Crippen molar-refractivity contribution >= 4 is 22.9 Å². The number of ether oxygens (including phenoxy) is 1. The van der Waals surface area contributed by atoms with Crippen LogP contribution in [0.4, 0.5) is 4.79 Å². The maximum atomic E-state index is 13.1. The number of pyridine rings is 1. The van der Waals surface area contributed by atoms with Crippen LogP contribution < -0.4 is 5.32 Å². The van der Waals surface area contributed by atoms with Gasteiger partial charge in [0.25, 0.3) is 5.91 Å². The molecule has 1 saturated heterocycles. The van der Waals surface area contributed by atoms with Crippen LogP contribution in [0.25, 0.3) is 22.4 Å². The van der Waals surface area contributed by atoms with E-state index in [0.717, 1.165) is 10.9 Å². The van der Waals surface area contributed by atoms with Crippen LogP contribution in [0.3, 0.4) is 0 Å². The highest BCUT2D eigenvalue weighted by molar-refractivity contribution is 6.07. The second-order valence-corrected chi connectivity index (χ2v) is 6.98. The lowest BCUT2D eigenvalue weighted by molar-refractivity contribution is 0.0861. The molecule has 0 aliphatic carbocycles. The number of rotatable bonds is 4. The molecule has 2 aromatic heterocycles. The number of para-hydroxylation sites is 1. The van der Waals surface area contributed by atoms with Gasteiger partial charge in [-0.3, -0.25) is 4.79 Å². The fraction of sp³-hybridized carbons (Fsp3) is 0.318. The van der Waals surface area contributed by atoms with Gasteiger partial charge in [-0.15, -0.1) is 0 Å². The van der Waals surface area contributed by atoms with Crippen molar-refractivity contribution in [2.45, 2.75) is 25.8 Å². The van der Waals surface area contributed by atoms with Gasteiger partial charge in [0.15, 0.2) is 5.76 Å². The van der Waals surface area contributed by atoms with Crippen LogP contribution in [-0.4, -0.2) is 47.6 Å². The van der Waals surface area contributed by atoms with Gasteiger partial charge in [0.05, 0.1) is 24.0 Å². The van der Waals surface area contributed by atoms with E-state index in [0.29, 0.717) is 49.6 Å². The first-order valence-electron chi connectivity index (χ1n) is 9.82. The summed E-state index contributed by atoms with van der Waals surface area (Å²) in [5.74, 6) is 0.471. The predicted molar refractivity (Wildman–Crippen MR) is 109 cm³/mol. The van der Waals surface area contributed by atoms with Gasteiger partial charge in [-0.25, -0.2) is 9.78 Å². The third kappa shape index (κ3) is 4.08. The minimum Gasteiger partial charge on any atom is -0.463 e. The number of aromatic nitrogens is 1. The number of carbonyl (C=O) groups excluding carboxylic acids is 2. The summed E-state index contributed by atoms with van der Waals surface area (Å²) in [5, 5.41) is 3.91. The standard InChI is InChI=1S/C22H23N3O4/c1-2-28-22(27)25-11-9-15(10-12-25)23-21(26)17-14-19(20-8-5-13-29-20)24-18-7-4-3-6-16(17)18/h3-8,13-15H,2,9-12H2,1H3,(H,23,26). The lowest BCUT2D eigenvalue weighted by Crippen LogP contribution is -2.46. The first-order valence-corrected chi connectivity index (χ1v) is 9.82. The molecule has 0 unspecified atom stereocenters. The molecule has 1 aromatic carbocycles. The van der Waals surface area contributed by atoms with Crippen molar-refractivity contribution in [3.05, 3.63) is 54.3 Å². The molecule has 7 heteroatoms. The van der Waals surface area contributed by atoms with Crippen LogP contribution in [0.15, 0.2) is 53.1 Å².